The number of thioether (sulfide) groups is 1. The van der Waals surface area contributed by atoms with Crippen LogP contribution in [0.15, 0.2) is 88.4 Å². The molecule has 0 radical (unpaired) electrons. The van der Waals surface area contributed by atoms with Crippen LogP contribution < -0.4 is 4.74 Å². The van der Waals surface area contributed by atoms with Crippen LogP contribution in [0.2, 0.25) is 0 Å². The third-order valence-corrected chi connectivity index (χ3v) is 4.73. The number of nitrogens with zero attached hydrogens (tertiary/aromatic N) is 2. The summed E-state index contributed by atoms with van der Waals surface area (Å²) in [4.78, 5) is 9.00. The van der Waals surface area contributed by atoms with Gasteiger partial charge in [0, 0.05) is 12.3 Å². The zero-order chi connectivity index (χ0) is 19.1. The number of rotatable bonds is 5. The largest absolute Gasteiger partial charge is 0.439 e. The highest BCUT2D eigenvalue weighted by Gasteiger charge is 2.02. The second-order valence-corrected chi connectivity index (χ2v) is 7.15. The van der Waals surface area contributed by atoms with Gasteiger partial charge in [0.1, 0.15) is 10.8 Å². The summed E-state index contributed by atoms with van der Waals surface area (Å²) in [5, 5.41) is 2.87. The number of pyridine rings is 1. The normalized spacial score (nSPS) is 11.7. The van der Waals surface area contributed by atoms with Crippen molar-refractivity contribution in [3.05, 3.63) is 95.0 Å². The van der Waals surface area contributed by atoms with Crippen LogP contribution in [0.4, 0.5) is 5.69 Å². The van der Waals surface area contributed by atoms with Crippen molar-refractivity contribution in [3.8, 4) is 5.75 Å². The van der Waals surface area contributed by atoms with Crippen LogP contribution >= 0.6 is 11.8 Å². The molecular formula is C23H22N2OS. The van der Waals surface area contributed by atoms with E-state index in [-0.39, 0.29) is 0 Å². The van der Waals surface area contributed by atoms with Crippen molar-refractivity contribution in [2.75, 3.05) is 0 Å². The van der Waals surface area contributed by atoms with Gasteiger partial charge >= 0.3 is 0 Å². The van der Waals surface area contributed by atoms with Crippen molar-refractivity contribution in [1.82, 2.24) is 4.98 Å². The maximum atomic E-state index is 6.04. The highest BCUT2D eigenvalue weighted by Crippen LogP contribution is 2.21. The van der Waals surface area contributed by atoms with Gasteiger partial charge in [-0.25, -0.2) is 9.98 Å². The smallest absolute Gasteiger partial charge is 0.220 e. The van der Waals surface area contributed by atoms with E-state index in [1.165, 1.54) is 22.9 Å². The van der Waals surface area contributed by atoms with Crippen molar-refractivity contribution in [2.45, 2.75) is 25.8 Å². The molecule has 136 valence electrons. The highest BCUT2D eigenvalue weighted by atomic mass is 32.2. The Kier molecular flexibility index (Phi) is 6.44. The Hall–Kier alpha value is -2.85. The minimum absolute atomic E-state index is 0.535. The lowest BCUT2D eigenvalue weighted by Crippen LogP contribution is -2.04. The van der Waals surface area contributed by atoms with Gasteiger partial charge in [0.05, 0.1) is 5.69 Å². The van der Waals surface area contributed by atoms with E-state index >= 15 is 0 Å². The molecule has 4 heteroatoms. The molecule has 27 heavy (non-hydrogen) atoms. The number of aromatic nitrogens is 1. The lowest BCUT2D eigenvalue weighted by atomic mass is 10.1. The summed E-state index contributed by atoms with van der Waals surface area (Å²) < 4.78 is 6.04. The highest BCUT2D eigenvalue weighted by molar-refractivity contribution is 8.02. The third kappa shape index (κ3) is 5.83. The van der Waals surface area contributed by atoms with Gasteiger partial charge in [-0.2, -0.15) is 0 Å². The average molecular weight is 375 g/mol. The Bertz CT molecular complexity index is 965. The Morgan fingerprint density at radius 3 is 2.59 bits per heavy atom. The number of aryl methyl sites for hydroxylation is 3. The number of aliphatic imine (C=N–C) groups is 1. The number of hydrogen-bond donors (Lipinski definition) is 0. The van der Waals surface area contributed by atoms with Gasteiger partial charge in [-0.3, -0.25) is 0 Å². The van der Waals surface area contributed by atoms with E-state index in [4.69, 9.17) is 9.73 Å². The van der Waals surface area contributed by atoms with Gasteiger partial charge in [0.25, 0.3) is 0 Å². The lowest BCUT2D eigenvalue weighted by Gasteiger charge is -2.07. The van der Waals surface area contributed by atoms with Crippen LogP contribution in [0, 0.1) is 20.8 Å². The molecule has 0 saturated heterocycles. The summed E-state index contributed by atoms with van der Waals surface area (Å²) in [5.41, 5.74) is 4.47. The quantitative estimate of drug-likeness (QED) is 0.293. The van der Waals surface area contributed by atoms with E-state index in [2.05, 4.69) is 31.0 Å². The molecule has 0 saturated carbocycles. The van der Waals surface area contributed by atoms with E-state index in [0.29, 0.717) is 5.90 Å². The fourth-order valence-electron chi connectivity index (χ4n) is 2.39. The summed E-state index contributed by atoms with van der Waals surface area (Å²) in [7, 11) is 0. The molecule has 1 aromatic heterocycles. The topological polar surface area (TPSA) is 34.5 Å². The molecular weight excluding hydrogens is 352 g/mol. The van der Waals surface area contributed by atoms with Crippen molar-refractivity contribution in [1.29, 1.82) is 0 Å². The maximum Gasteiger partial charge on any atom is 0.220 e. The second-order valence-electron chi connectivity index (χ2n) is 6.23. The summed E-state index contributed by atoms with van der Waals surface area (Å²) in [6, 6.07) is 19.9. The van der Waals surface area contributed by atoms with Crippen LogP contribution in [0.25, 0.3) is 0 Å². The first-order valence-electron chi connectivity index (χ1n) is 8.75. The predicted molar refractivity (Wildman–Crippen MR) is 114 cm³/mol. The molecule has 3 aromatic rings. The summed E-state index contributed by atoms with van der Waals surface area (Å²) >= 11 is 1.53. The van der Waals surface area contributed by atoms with Crippen LogP contribution in [0.1, 0.15) is 16.7 Å². The minimum Gasteiger partial charge on any atom is -0.439 e. The number of benzene rings is 2. The first kappa shape index (κ1) is 18.9. The zero-order valence-electron chi connectivity index (χ0n) is 15.7. The van der Waals surface area contributed by atoms with Crippen LogP contribution in [-0.2, 0) is 0 Å². The molecule has 1 heterocycles. The molecule has 0 N–H and O–H groups in total. The van der Waals surface area contributed by atoms with E-state index in [9.17, 15) is 0 Å². The second kappa shape index (κ2) is 9.19. The molecule has 0 atom stereocenters. The molecule has 0 bridgehead atoms. The molecule has 3 nitrogen and oxygen atoms in total. The van der Waals surface area contributed by atoms with Gasteiger partial charge in [-0.05, 0) is 79.3 Å². The molecule has 0 unspecified atom stereocenters. The van der Waals surface area contributed by atoms with Gasteiger partial charge in [0.2, 0.25) is 5.90 Å². The molecule has 0 amide bonds. The zero-order valence-corrected chi connectivity index (χ0v) is 16.5. The molecule has 2 aromatic carbocycles. The molecule has 0 aliphatic rings. The van der Waals surface area contributed by atoms with Crippen molar-refractivity contribution in [3.63, 3.8) is 0 Å². The predicted octanol–water partition coefficient (Wildman–Crippen LogP) is 6.42. The first-order chi connectivity index (χ1) is 13.1. The molecule has 0 aliphatic carbocycles. The van der Waals surface area contributed by atoms with E-state index < -0.39 is 0 Å². The Balaban J connectivity index is 1.85. The first-order valence-corrected chi connectivity index (χ1v) is 9.63. The van der Waals surface area contributed by atoms with E-state index in [1.807, 2.05) is 66.9 Å². The van der Waals surface area contributed by atoms with Crippen LogP contribution in [0.3, 0.4) is 0 Å². The standard InChI is InChI=1S/C23H22N2OS/c1-17-7-6-8-21(15-17)26-22(12-14-27-23-9-4-5-13-24-23)25-20-11-10-18(2)19(3)16-20/h4-16H,1-3H3. The van der Waals surface area contributed by atoms with Gasteiger partial charge in [-0.1, -0.05) is 36.0 Å². The molecule has 0 spiro atoms. The SMILES string of the molecule is Cc1cccc(OC(C=CSc2ccccn2)=Nc2ccc(C)c(C)c2)c1. The summed E-state index contributed by atoms with van der Waals surface area (Å²) in [6.45, 7) is 6.22. The monoisotopic (exact) mass is 374 g/mol. The van der Waals surface area contributed by atoms with Crippen molar-refractivity contribution >= 4 is 23.3 Å². The van der Waals surface area contributed by atoms with Crippen LogP contribution in [-0.4, -0.2) is 10.9 Å². The van der Waals surface area contributed by atoms with Gasteiger partial charge < -0.3 is 4.74 Å². The fraction of sp³-hybridized carbons (Fsp3) is 0.130. The average Bonchev–Trinajstić information content (AvgIpc) is 2.65. The Morgan fingerprint density at radius 1 is 0.963 bits per heavy atom. The number of hydrogen-bond acceptors (Lipinski definition) is 4. The summed E-state index contributed by atoms with van der Waals surface area (Å²) in [5.74, 6) is 1.30. The molecule has 0 aliphatic heterocycles. The van der Waals surface area contributed by atoms with Crippen LogP contribution in [0.5, 0.6) is 5.75 Å². The number of ether oxygens (including phenoxy) is 1. The summed E-state index contributed by atoms with van der Waals surface area (Å²) in [6.07, 6.45) is 3.65. The molecule has 0 fully saturated rings. The lowest BCUT2D eigenvalue weighted by molar-refractivity contribution is 0.555. The maximum absolute atomic E-state index is 6.04. The Labute approximate surface area is 164 Å². The van der Waals surface area contributed by atoms with E-state index in [1.54, 1.807) is 6.20 Å². The van der Waals surface area contributed by atoms with Gasteiger partial charge in [0.15, 0.2) is 0 Å². The Morgan fingerprint density at radius 2 is 1.85 bits per heavy atom. The third-order valence-electron chi connectivity index (χ3n) is 3.98. The fourth-order valence-corrected chi connectivity index (χ4v) is 3.00. The molecule has 3 rings (SSSR count). The minimum atomic E-state index is 0.535. The van der Waals surface area contributed by atoms with Crippen molar-refractivity contribution in [2.24, 2.45) is 4.99 Å². The van der Waals surface area contributed by atoms with E-state index in [0.717, 1.165) is 22.0 Å². The van der Waals surface area contributed by atoms with Gasteiger partial charge in [-0.15, -0.1) is 0 Å². The van der Waals surface area contributed by atoms with Crippen molar-refractivity contribution < 1.29 is 4.74 Å².